The zero-order valence-corrected chi connectivity index (χ0v) is 25.4. The normalized spacial score (nSPS) is 14.1. The van der Waals surface area contributed by atoms with Crippen molar-refractivity contribution >= 4 is 27.1 Å². The molecule has 0 saturated carbocycles. The summed E-state index contributed by atoms with van der Waals surface area (Å²) >= 11 is 0. The van der Waals surface area contributed by atoms with Gasteiger partial charge in [-0.1, -0.05) is 12.1 Å². The van der Waals surface area contributed by atoms with E-state index in [9.17, 15) is 31.7 Å². The highest BCUT2D eigenvalue weighted by Gasteiger charge is 2.31. The third kappa shape index (κ3) is 7.54. The summed E-state index contributed by atoms with van der Waals surface area (Å²) in [6.45, 7) is 5.92. The topological polar surface area (TPSA) is 126 Å². The van der Waals surface area contributed by atoms with Crippen LogP contribution >= 0.6 is 0 Å². The SMILES string of the molecule is COc1ccc([N+](=O)[O-])cc1OCc1c(-c2ccc(OS(=O)(=O)CCC(F)(F)F)cc2OC)ccc2c1C(C)=CC(C)(C)N2. The van der Waals surface area contributed by atoms with Crippen molar-refractivity contribution in [3.05, 3.63) is 75.8 Å². The third-order valence-corrected chi connectivity index (χ3v) is 7.94. The van der Waals surface area contributed by atoms with Crippen LogP contribution in [0.15, 0.2) is 54.6 Å². The summed E-state index contributed by atoms with van der Waals surface area (Å²) in [5.74, 6) is -0.823. The van der Waals surface area contributed by atoms with E-state index in [0.717, 1.165) is 16.8 Å². The van der Waals surface area contributed by atoms with Gasteiger partial charge in [0.25, 0.3) is 5.69 Å². The van der Waals surface area contributed by atoms with E-state index >= 15 is 0 Å². The molecule has 0 aliphatic carbocycles. The van der Waals surface area contributed by atoms with Gasteiger partial charge < -0.3 is 23.7 Å². The second kappa shape index (κ2) is 12.3. The number of allylic oxidation sites excluding steroid dienone is 1. The van der Waals surface area contributed by atoms with Crippen LogP contribution in [0.1, 0.15) is 38.3 Å². The van der Waals surface area contributed by atoms with Gasteiger partial charge in [-0.15, -0.1) is 0 Å². The molecule has 236 valence electrons. The smallest absolute Gasteiger partial charge is 0.390 e. The summed E-state index contributed by atoms with van der Waals surface area (Å²) < 4.78 is 84.1. The molecule has 44 heavy (non-hydrogen) atoms. The molecule has 0 aromatic heterocycles. The molecule has 1 heterocycles. The summed E-state index contributed by atoms with van der Waals surface area (Å²) in [4.78, 5) is 10.9. The molecule has 0 unspecified atom stereocenters. The average molecular weight is 637 g/mol. The van der Waals surface area contributed by atoms with Crippen LogP contribution in [0.5, 0.6) is 23.0 Å². The Bertz CT molecular complexity index is 1720. The number of fused-ring (bicyclic) bond motifs is 1. The Kier molecular flexibility index (Phi) is 9.05. The number of anilines is 1. The van der Waals surface area contributed by atoms with Gasteiger partial charge in [-0.05, 0) is 56.2 Å². The number of methoxy groups -OCH3 is 2. The predicted molar refractivity (Wildman–Crippen MR) is 159 cm³/mol. The molecule has 0 atom stereocenters. The lowest BCUT2D eigenvalue weighted by molar-refractivity contribution is -0.385. The first-order valence-corrected chi connectivity index (χ1v) is 14.9. The molecular weight excluding hydrogens is 605 g/mol. The standard InChI is InChI=1S/C30H31F3N2O8S/c1-18-16-29(2,3)34-24-10-9-21(23(28(18)24)17-42-27-14-19(35(36)37)6-11-25(27)40-4)22-8-7-20(15-26(22)41-5)43-44(38,39)13-12-30(31,32)33/h6-11,14-16,34H,12-13,17H2,1-5H3. The molecule has 1 N–H and O–H groups in total. The van der Waals surface area contributed by atoms with E-state index in [0.29, 0.717) is 22.4 Å². The molecule has 3 aromatic rings. The monoisotopic (exact) mass is 636 g/mol. The van der Waals surface area contributed by atoms with Crippen molar-refractivity contribution in [3.63, 3.8) is 0 Å². The van der Waals surface area contributed by atoms with Crippen molar-refractivity contribution in [2.24, 2.45) is 0 Å². The van der Waals surface area contributed by atoms with Gasteiger partial charge in [0.2, 0.25) is 0 Å². The quantitative estimate of drug-likeness (QED) is 0.133. The maximum absolute atomic E-state index is 12.6. The Labute approximate surface area is 252 Å². The van der Waals surface area contributed by atoms with Crippen LogP contribution < -0.4 is 23.7 Å². The number of nitro groups is 1. The van der Waals surface area contributed by atoms with Crippen molar-refractivity contribution in [1.29, 1.82) is 0 Å². The van der Waals surface area contributed by atoms with Gasteiger partial charge in [0.1, 0.15) is 18.1 Å². The molecule has 1 aliphatic rings. The van der Waals surface area contributed by atoms with Gasteiger partial charge >= 0.3 is 16.3 Å². The van der Waals surface area contributed by atoms with Gasteiger partial charge in [0.15, 0.2) is 11.5 Å². The lowest BCUT2D eigenvalue weighted by Gasteiger charge is -2.33. The molecule has 4 rings (SSSR count). The summed E-state index contributed by atoms with van der Waals surface area (Å²) in [6.07, 6.45) is -4.15. The average Bonchev–Trinajstić information content (AvgIpc) is 2.93. The molecule has 14 heteroatoms. The van der Waals surface area contributed by atoms with Crippen molar-refractivity contribution in [2.45, 2.75) is 45.5 Å². The summed E-state index contributed by atoms with van der Waals surface area (Å²) in [5, 5.41) is 14.9. The minimum Gasteiger partial charge on any atom is -0.496 e. The van der Waals surface area contributed by atoms with Gasteiger partial charge in [-0.3, -0.25) is 10.1 Å². The number of nitro benzene ring substituents is 1. The fraction of sp³-hybridized carbons (Fsp3) is 0.333. The van der Waals surface area contributed by atoms with Gasteiger partial charge in [-0.2, -0.15) is 21.6 Å². The lowest BCUT2D eigenvalue weighted by atomic mass is 9.85. The van der Waals surface area contributed by atoms with Crippen LogP contribution in [0.3, 0.4) is 0 Å². The number of nitrogens with one attached hydrogen (secondary N) is 1. The number of alkyl halides is 3. The first kappa shape index (κ1) is 32.5. The highest BCUT2D eigenvalue weighted by atomic mass is 32.2. The molecule has 1 aliphatic heterocycles. The number of rotatable bonds is 11. The minimum atomic E-state index is -4.66. The van der Waals surface area contributed by atoms with E-state index in [1.54, 1.807) is 0 Å². The Balaban J connectivity index is 1.79. The van der Waals surface area contributed by atoms with Gasteiger partial charge in [-0.25, -0.2) is 0 Å². The van der Waals surface area contributed by atoms with Gasteiger partial charge in [0.05, 0.1) is 42.9 Å². The molecular formula is C30H31F3N2O8S. The largest absolute Gasteiger partial charge is 0.496 e. The number of ether oxygens (including phenoxy) is 3. The first-order valence-electron chi connectivity index (χ1n) is 13.3. The maximum atomic E-state index is 12.6. The molecule has 0 amide bonds. The zero-order valence-electron chi connectivity index (χ0n) is 24.6. The molecule has 0 spiro atoms. The first-order chi connectivity index (χ1) is 20.5. The van der Waals surface area contributed by atoms with E-state index in [1.165, 1.54) is 50.6 Å². The second-order valence-electron chi connectivity index (χ2n) is 10.6. The maximum Gasteiger partial charge on any atom is 0.390 e. The fourth-order valence-corrected chi connectivity index (χ4v) is 5.98. The summed E-state index contributed by atoms with van der Waals surface area (Å²) in [7, 11) is -1.76. The van der Waals surface area contributed by atoms with Crippen LogP contribution in [0, 0.1) is 10.1 Å². The number of hydrogen-bond donors (Lipinski definition) is 1. The molecule has 0 radical (unpaired) electrons. The van der Waals surface area contributed by atoms with E-state index in [-0.39, 0.29) is 35.1 Å². The molecule has 0 fully saturated rings. The fourth-order valence-electron chi connectivity index (χ4n) is 5.02. The Morgan fingerprint density at radius 1 is 0.955 bits per heavy atom. The lowest BCUT2D eigenvalue weighted by Crippen LogP contribution is -2.32. The van der Waals surface area contributed by atoms with E-state index in [2.05, 4.69) is 11.4 Å². The molecule has 0 bridgehead atoms. The van der Waals surface area contributed by atoms with E-state index in [1.807, 2.05) is 32.9 Å². The number of non-ortho nitro benzene ring substituents is 1. The molecule has 10 nitrogen and oxygen atoms in total. The zero-order chi connectivity index (χ0) is 32.4. The Morgan fingerprint density at radius 3 is 2.27 bits per heavy atom. The highest BCUT2D eigenvalue weighted by Crippen LogP contribution is 2.44. The van der Waals surface area contributed by atoms with Crippen LogP contribution in [0.2, 0.25) is 0 Å². The Morgan fingerprint density at radius 2 is 1.64 bits per heavy atom. The highest BCUT2D eigenvalue weighted by molar-refractivity contribution is 7.87. The molecule has 3 aromatic carbocycles. The third-order valence-electron chi connectivity index (χ3n) is 6.79. The Hall–Kier alpha value is -4.46. The summed E-state index contributed by atoms with van der Waals surface area (Å²) in [6, 6.07) is 11.8. The van der Waals surface area contributed by atoms with Crippen molar-refractivity contribution in [1.82, 2.24) is 0 Å². The van der Waals surface area contributed by atoms with Gasteiger partial charge in [0, 0.05) is 34.5 Å². The number of halogens is 3. The summed E-state index contributed by atoms with van der Waals surface area (Å²) in [5.41, 5.74) is 3.86. The minimum absolute atomic E-state index is 0.0590. The van der Waals surface area contributed by atoms with Crippen molar-refractivity contribution < 1.29 is 44.9 Å². The van der Waals surface area contributed by atoms with Crippen molar-refractivity contribution in [3.8, 4) is 34.1 Å². The van der Waals surface area contributed by atoms with Crippen LogP contribution in [-0.2, 0) is 16.7 Å². The van der Waals surface area contributed by atoms with Crippen LogP contribution in [0.25, 0.3) is 16.7 Å². The van der Waals surface area contributed by atoms with E-state index < -0.39 is 33.4 Å². The van der Waals surface area contributed by atoms with E-state index in [4.69, 9.17) is 18.4 Å². The number of hydrogen-bond acceptors (Lipinski definition) is 9. The molecule has 0 saturated heterocycles. The van der Waals surface area contributed by atoms with Crippen LogP contribution in [-0.4, -0.2) is 45.0 Å². The number of benzene rings is 3. The predicted octanol–water partition coefficient (Wildman–Crippen LogP) is 7.13. The van der Waals surface area contributed by atoms with Crippen LogP contribution in [0.4, 0.5) is 24.5 Å². The second-order valence-corrected chi connectivity index (χ2v) is 12.3. The van der Waals surface area contributed by atoms with Crippen molar-refractivity contribution in [2.75, 3.05) is 25.3 Å². The number of nitrogens with zero attached hydrogens (tertiary/aromatic N) is 1.